The van der Waals surface area contributed by atoms with E-state index in [0.717, 1.165) is 31.7 Å². The van der Waals surface area contributed by atoms with Crippen molar-refractivity contribution in [2.75, 3.05) is 39.9 Å². The molecule has 1 atom stereocenters. The van der Waals surface area contributed by atoms with Gasteiger partial charge in [-0.05, 0) is 70.3 Å². The predicted molar refractivity (Wildman–Crippen MR) is 119 cm³/mol. The van der Waals surface area contributed by atoms with Crippen LogP contribution in [0.5, 0.6) is 5.75 Å². The van der Waals surface area contributed by atoms with Gasteiger partial charge in [0.1, 0.15) is 5.75 Å². The number of carbonyl (C=O) groups is 2. The van der Waals surface area contributed by atoms with Crippen molar-refractivity contribution in [3.63, 3.8) is 0 Å². The molecular formula is C24H38N2O4. The molecule has 6 heteroatoms. The van der Waals surface area contributed by atoms with Gasteiger partial charge in [0.05, 0.1) is 19.6 Å². The predicted octanol–water partition coefficient (Wildman–Crippen LogP) is 3.53. The third-order valence-electron chi connectivity index (χ3n) is 6.02. The molecule has 0 aromatic heterocycles. The van der Waals surface area contributed by atoms with E-state index in [9.17, 15) is 9.59 Å². The van der Waals surface area contributed by atoms with Gasteiger partial charge in [-0.15, -0.1) is 0 Å². The first-order valence-electron chi connectivity index (χ1n) is 11.3. The molecule has 1 fully saturated rings. The quantitative estimate of drug-likeness (QED) is 0.515. The van der Waals surface area contributed by atoms with Crippen LogP contribution in [0, 0.1) is 5.92 Å². The third-order valence-corrected chi connectivity index (χ3v) is 6.02. The van der Waals surface area contributed by atoms with Crippen molar-refractivity contribution in [2.24, 2.45) is 5.92 Å². The number of esters is 1. The fraction of sp³-hybridized carbons (Fsp3) is 0.667. The van der Waals surface area contributed by atoms with Gasteiger partial charge in [-0.3, -0.25) is 9.59 Å². The summed E-state index contributed by atoms with van der Waals surface area (Å²) in [6, 6.07) is 8.66. The van der Waals surface area contributed by atoms with E-state index in [4.69, 9.17) is 9.47 Å². The summed E-state index contributed by atoms with van der Waals surface area (Å²) in [5.74, 6) is 0.914. The van der Waals surface area contributed by atoms with Crippen molar-refractivity contribution < 1.29 is 19.1 Å². The van der Waals surface area contributed by atoms with Crippen molar-refractivity contribution in [2.45, 2.75) is 58.9 Å². The molecule has 30 heavy (non-hydrogen) atoms. The SMILES string of the molecule is CCOC(=O)C1CCN(C(=O)CCCN(CC)C(C)Cc2ccc(OC)cc2)CC1. The first-order valence-corrected chi connectivity index (χ1v) is 11.3. The standard InChI is InChI=1S/C24H38N2O4/c1-5-25(19(3)18-20-9-11-22(29-4)12-10-20)15-7-8-23(27)26-16-13-21(14-17-26)24(28)30-6-2/h9-12,19,21H,5-8,13-18H2,1-4H3. The largest absolute Gasteiger partial charge is 0.497 e. The molecule has 0 bridgehead atoms. The second-order valence-electron chi connectivity index (χ2n) is 8.04. The minimum Gasteiger partial charge on any atom is -0.497 e. The first kappa shape index (κ1) is 24.2. The van der Waals surface area contributed by atoms with Crippen molar-refractivity contribution in [3.05, 3.63) is 29.8 Å². The number of ether oxygens (including phenoxy) is 2. The van der Waals surface area contributed by atoms with Gasteiger partial charge in [0, 0.05) is 25.6 Å². The van der Waals surface area contributed by atoms with Gasteiger partial charge >= 0.3 is 5.97 Å². The lowest BCUT2D eigenvalue weighted by Gasteiger charge is -2.31. The Bertz CT molecular complexity index is 654. The Balaban J connectivity index is 1.71. The highest BCUT2D eigenvalue weighted by Crippen LogP contribution is 2.20. The van der Waals surface area contributed by atoms with Crippen LogP contribution >= 0.6 is 0 Å². The second-order valence-corrected chi connectivity index (χ2v) is 8.04. The number of methoxy groups -OCH3 is 1. The van der Waals surface area contributed by atoms with Crippen LogP contribution in [0.2, 0.25) is 0 Å². The summed E-state index contributed by atoms with van der Waals surface area (Å²) < 4.78 is 10.3. The van der Waals surface area contributed by atoms with Gasteiger partial charge in [-0.25, -0.2) is 0 Å². The van der Waals surface area contributed by atoms with E-state index < -0.39 is 0 Å². The average molecular weight is 419 g/mol. The van der Waals surface area contributed by atoms with Crippen molar-refractivity contribution in [1.29, 1.82) is 0 Å². The van der Waals surface area contributed by atoms with E-state index in [1.54, 1.807) is 7.11 Å². The van der Waals surface area contributed by atoms with E-state index in [2.05, 4.69) is 30.9 Å². The number of benzene rings is 1. The molecule has 0 aliphatic carbocycles. The summed E-state index contributed by atoms with van der Waals surface area (Å²) in [6.07, 6.45) is 3.83. The van der Waals surface area contributed by atoms with Crippen molar-refractivity contribution >= 4 is 11.9 Å². The Morgan fingerprint density at radius 3 is 2.40 bits per heavy atom. The maximum absolute atomic E-state index is 12.6. The van der Waals surface area contributed by atoms with Crippen LogP contribution in [0.1, 0.15) is 52.0 Å². The van der Waals surface area contributed by atoms with Gasteiger partial charge in [-0.2, -0.15) is 0 Å². The highest BCUT2D eigenvalue weighted by Gasteiger charge is 2.28. The summed E-state index contributed by atoms with van der Waals surface area (Å²) in [5, 5.41) is 0. The Hall–Kier alpha value is -2.08. The smallest absolute Gasteiger partial charge is 0.309 e. The molecule has 1 heterocycles. The van der Waals surface area contributed by atoms with Gasteiger partial charge in [0.15, 0.2) is 0 Å². The van der Waals surface area contributed by atoms with Crippen LogP contribution < -0.4 is 4.74 Å². The maximum atomic E-state index is 12.6. The zero-order valence-electron chi connectivity index (χ0n) is 19.1. The molecule has 168 valence electrons. The monoisotopic (exact) mass is 418 g/mol. The number of rotatable bonds is 11. The van der Waals surface area contributed by atoms with Crippen LogP contribution in [-0.2, 0) is 20.7 Å². The first-order chi connectivity index (χ1) is 14.5. The number of piperidine rings is 1. The van der Waals surface area contributed by atoms with Gasteiger partial charge in [0.25, 0.3) is 0 Å². The summed E-state index contributed by atoms with van der Waals surface area (Å²) >= 11 is 0. The van der Waals surface area contributed by atoms with Crippen LogP contribution in [0.25, 0.3) is 0 Å². The number of nitrogens with zero attached hydrogens (tertiary/aromatic N) is 2. The van der Waals surface area contributed by atoms with Crippen molar-refractivity contribution in [1.82, 2.24) is 9.80 Å². The Labute approximate surface area is 181 Å². The van der Waals surface area contributed by atoms with Crippen LogP contribution in [0.15, 0.2) is 24.3 Å². The number of hydrogen-bond donors (Lipinski definition) is 0. The van der Waals surface area contributed by atoms with E-state index in [1.807, 2.05) is 24.0 Å². The van der Waals surface area contributed by atoms with E-state index >= 15 is 0 Å². The Morgan fingerprint density at radius 2 is 1.83 bits per heavy atom. The number of amides is 1. The molecule has 0 radical (unpaired) electrons. The second kappa shape index (κ2) is 12.6. The number of likely N-dealkylation sites (N-methyl/N-ethyl adjacent to an activating group) is 1. The van der Waals surface area contributed by atoms with Gasteiger partial charge < -0.3 is 19.3 Å². The highest BCUT2D eigenvalue weighted by atomic mass is 16.5. The number of likely N-dealkylation sites (tertiary alicyclic amines) is 1. The zero-order valence-corrected chi connectivity index (χ0v) is 19.1. The molecule has 0 spiro atoms. The van der Waals surface area contributed by atoms with Gasteiger partial charge in [-0.1, -0.05) is 19.1 Å². The van der Waals surface area contributed by atoms with Crippen LogP contribution in [-0.4, -0.2) is 67.6 Å². The minimum absolute atomic E-state index is 0.0524. The fourth-order valence-corrected chi connectivity index (χ4v) is 4.14. The molecule has 1 aromatic rings. The van der Waals surface area contributed by atoms with Crippen LogP contribution in [0.4, 0.5) is 0 Å². The van der Waals surface area contributed by atoms with E-state index in [-0.39, 0.29) is 17.8 Å². The number of carbonyl (C=O) groups excluding carboxylic acids is 2. The lowest BCUT2D eigenvalue weighted by molar-refractivity contribution is -0.151. The minimum atomic E-state index is -0.117. The lowest BCUT2D eigenvalue weighted by atomic mass is 9.96. The molecule has 1 aliphatic rings. The molecular weight excluding hydrogens is 380 g/mol. The molecule has 0 N–H and O–H groups in total. The molecule has 0 saturated carbocycles. The summed E-state index contributed by atoms with van der Waals surface area (Å²) in [7, 11) is 1.68. The molecule has 1 aliphatic heterocycles. The maximum Gasteiger partial charge on any atom is 0.309 e. The van der Waals surface area contributed by atoms with Gasteiger partial charge in [0.2, 0.25) is 5.91 Å². The lowest BCUT2D eigenvalue weighted by Crippen LogP contribution is -2.41. The number of hydrogen-bond acceptors (Lipinski definition) is 5. The summed E-state index contributed by atoms with van der Waals surface area (Å²) in [5.41, 5.74) is 1.29. The van der Waals surface area contributed by atoms with E-state index in [1.165, 1.54) is 5.56 Å². The normalized spacial score (nSPS) is 15.8. The molecule has 1 unspecified atom stereocenters. The Kier molecular flexibility index (Phi) is 10.1. The highest BCUT2D eigenvalue weighted by molar-refractivity contribution is 5.77. The van der Waals surface area contributed by atoms with E-state index in [0.29, 0.717) is 45.0 Å². The Morgan fingerprint density at radius 1 is 1.17 bits per heavy atom. The fourth-order valence-electron chi connectivity index (χ4n) is 4.14. The third kappa shape index (κ3) is 7.31. The summed E-state index contributed by atoms with van der Waals surface area (Å²) in [4.78, 5) is 28.8. The molecule has 1 aromatic carbocycles. The summed E-state index contributed by atoms with van der Waals surface area (Å²) in [6.45, 7) is 9.87. The van der Waals surface area contributed by atoms with Crippen molar-refractivity contribution in [3.8, 4) is 5.75 Å². The molecule has 6 nitrogen and oxygen atoms in total. The zero-order chi connectivity index (χ0) is 21.9. The topological polar surface area (TPSA) is 59.1 Å². The molecule has 2 rings (SSSR count). The van der Waals surface area contributed by atoms with Crippen LogP contribution in [0.3, 0.4) is 0 Å². The molecule has 1 saturated heterocycles. The average Bonchev–Trinajstić information content (AvgIpc) is 2.77. The molecule has 1 amide bonds.